The first kappa shape index (κ1) is 18.0. The topological polar surface area (TPSA) is 83.8 Å². The van der Waals surface area contributed by atoms with Gasteiger partial charge in [-0.25, -0.2) is 4.39 Å². The summed E-state index contributed by atoms with van der Waals surface area (Å²) in [6.45, 7) is 5.84. The minimum absolute atomic E-state index is 0.0883. The van der Waals surface area contributed by atoms with Gasteiger partial charge < -0.3 is 16.4 Å². The van der Waals surface area contributed by atoms with E-state index in [1.54, 1.807) is 24.4 Å². The summed E-state index contributed by atoms with van der Waals surface area (Å²) in [6.07, 6.45) is 3.52. The van der Waals surface area contributed by atoms with E-state index in [0.717, 1.165) is 22.5 Å². The average Bonchev–Trinajstić information content (AvgIpc) is 3.45. The van der Waals surface area contributed by atoms with Crippen molar-refractivity contribution < 1.29 is 4.39 Å². The number of allylic oxidation sites excluding steroid dienone is 1. The molecule has 2 aromatic carbocycles. The number of rotatable bonds is 5. The Morgan fingerprint density at radius 1 is 1.30 bits per heavy atom. The van der Waals surface area contributed by atoms with E-state index >= 15 is 0 Å². The molecule has 5 N–H and O–H groups in total. The molecule has 3 rings (SSSR count). The molecule has 27 heavy (non-hydrogen) atoms. The van der Waals surface area contributed by atoms with Gasteiger partial charge in [-0.15, -0.1) is 0 Å². The summed E-state index contributed by atoms with van der Waals surface area (Å²) in [5, 5.41) is 13.6. The fraction of sp³-hybridized carbons (Fsp3) is 0.0455. The van der Waals surface area contributed by atoms with Crippen LogP contribution in [0.5, 0.6) is 0 Å². The van der Waals surface area contributed by atoms with Gasteiger partial charge in [-0.3, -0.25) is 5.41 Å². The molecule has 0 saturated heterocycles. The molecule has 134 valence electrons. The predicted molar refractivity (Wildman–Crippen MR) is 108 cm³/mol. The Morgan fingerprint density at radius 3 is 2.78 bits per heavy atom. The van der Waals surface area contributed by atoms with E-state index in [-0.39, 0.29) is 11.7 Å². The van der Waals surface area contributed by atoms with Gasteiger partial charge in [0.05, 0.1) is 11.3 Å². The lowest BCUT2D eigenvalue weighted by molar-refractivity contribution is 0.623. The summed E-state index contributed by atoms with van der Waals surface area (Å²) in [6, 6.07) is 12.3. The zero-order chi connectivity index (χ0) is 19.4. The second-order valence-electron chi connectivity index (χ2n) is 6.13. The van der Waals surface area contributed by atoms with Crippen molar-refractivity contribution in [3.05, 3.63) is 95.1 Å². The third kappa shape index (κ3) is 4.86. The van der Waals surface area contributed by atoms with Crippen molar-refractivity contribution in [1.82, 2.24) is 5.32 Å². The lowest BCUT2D eigenvalue weighted by Gasteiger charge is -2.11. The van der Waals surface area contributed by atoms with Crippen LogP contribution in [0, 0.1) is 30.0 Å². The summed E-state index contributed by atoms with van der Waals surface area (Å²) in [5.74, 6) is 5.49. The van der Waals surface area contributed by atoms with Crippen LogP contribution in [-0.4, -0.2) is 5.84 Å². The Balaban J connectivity index is 1.79. The highest BCUT2D eigenvalue weighted by molar-refractivity contribution is 5.99. The molecule has 0 spiro atoms. The lowest BCUT2D eigenvalue weighted by atomic mass is 10.1. The Labute approximate surface area is 157 Å². The van der Waals surface area contributed by atoms with Gasteiger partial charge in [0.2, 0.25) is 0 Å². The van der Waals surface area contributed by atoms with Crippen LogP contribution < -0.4 is 16.4 Å². The summed E-state index contributed by atoms with van der Waals surface area (Å²) >= 11 is 0. The van der Waals surface area contributed by atoms with Crippen molar-refractivity contribution in [2.45, 2.75) is 6.92 Å². The van der Waals surface area contributed by atoms with Crippen molar-refractivity contribution in [2.24, 2.45) is 5.73 Å². The molecular formula is C22H19FN4. The Morgan fingerprint density at radius 2 is 2.07 bits per heavy atom. The predicted octanol–water partition coefficient (Wildman–Crippen LogP) is 3.88. The molecule has 0 fully saturated rings. The van der Waals surface area contributed by atoms with Crippen LogP contribution >= 0.6 is 0 Å². The van der Waals surface area contributed by atoms with Crippen LogP contribution in [0.3, 0.4) is 0 Å². The zero-order valence-corrected chi connectivity index (χ0v) is 14.9. The molecule has 0 unspecified atom stereocenters. The third-order valence-electron chi connectivity index (χ3n) is 3.85. The molecule has 2 aromatic rings. The number of amidine groups is 1. The van der Waals surface area contributed by atoms with Crippen LogP contribution in [0.25, 0.3) is 5.70 Å². The highest BCUT2D eigenvalue weighted by atomic mass is 19.1. The molecule has 5 heteroatoms. The van der Waals surface area contributed by atoms with E-state index in [9.17, 15) is 4.39 Å². The van der Waals surface area contributed by atoms with Gasteiger partial charge >= 0.3 is 0 Å². The van der Waals surface area contributed by atoms with E-state index < -0.39 is 0 Å². The second-order valence-corrected chi connectivity index (χ2v) is 6.13. The van der Waals surface area contributed by atoms with Gasteiger partial charge in [0.25, 0.3) is 0 Å². The molecule has 0 saturated carbocycles. The number of aryl methyl sites for hydroxylation is 1. The number of nitrogens with two attached hydrogens (primary N) is 1. The lowest BCUT2D eigenvalue weighted by Crippen LogP contribution is -2.11. The summed E-state index contributed by atoms with van der Waals surface area (Å²) < 4.78 is 14.0. The van der Waals surface area contributed by atoms with E-state index in [4.69, 9.17) is 11.1 Å². The number of nitrogens with one attached hydrogen (secondary N) is 3. The summed E-state index contributed by atoms with van der Waals surface area (Å²) in [5.41, 5.74) is 10.2. The van der Waals surface area contributed by atoms with Gasteiger partial charge in [-0.2, -0.15) is 0 Å². The molecule has 1 aliphatic rings. The standard InChI is InChI=1S/C22H19FN4/c1-14-6-9-21(23)20(10-14)15(2)27-18-5-3-4-16(11-18)7-8-17(22(24)25)12-19-13-26-19/h3-6,9-13,26-27H,2H2,1H3,(H3,24,25)/b17-12-. The van der Waals surface area contributed by atoms with Gasteiger partial charge in [-0.05, 0) is 43.3 Å². The van der Waals surface area contributed by atoms with E-state index in [2.05, 4.69) is 29.1 Å². The van der Waals surface area contributed by atoms with Crippen molar-refractivity contribution >= 4 is 17.2 Å². The van der Waals surface area contributed by atoms with Gasteiger partial charge in [0, 0.05) is 28.7 Å². The average molecular weight is 358 g/mol. The minimum Gasteiger partial charge on any atom is -0.383 e. The van der Waals surface area contributed by atoms with Crippen molar-refractivity contribution in [3.63, 3.8) is 0 Å². The largest absolute Gasteiger partial charge is 0.383 e. The normalized spacial score (nSPS) is 12.2. The number of hydrogen-bond donors (Lipinski definition) is 4. The molecule has 0 bridgehead atoms. The highest BCUT2D eigenvalue weighted by Gasteiger charge is 2.07. The summed E-state index contributed by atoms with van der Waals surface area (Å²) in [7, 11) is 0. The first-order valence-electron chi connectivity index (χ1n) is 8.30. The maximum absolute atomic E-state index is 14.0. The molecule has 0 aromatic heterocycles. The van der Waals surface area contributed by atoms with Crippen molar-refractivity contribution in [3.8, 4) is 11.8 Å². The molecule has 0 atom stereocenters. The Hall–Kier alpha value is -3.78. The van der Waals surface area contributed by atoms with Crippen molar-refractivity contribution in [2.75, 3.05) is 5.32 Å². The summed E-state index contributed by atoms with van der Waals surface area (Å²) in [4.78, 5) is 0. The first-order valence-corrected chi connectivity index (χ1v) is 8.30. The maximum atomic E-state index is 14.0. The van der Waals surface area contributed by atoms with Crippen LogP contribution in [0.2, 0.25) is 0 Å². The van der Waals surface area contributed by atoms with Gasteiger partial charge in [-0.1, -0.05) is 36.1 Å². The molecule has 4 nitrogen and oxygen atoms in total. The maximum Gasteiger partial charge on any atom is 0.132 e. The van der Waals surface area contributed by atoms with Gasteiger partial charge in [0.1, 0.15) is 11.7 Å². The third-order valence-corrected chi connectivity index (χ3v) is 3.85. The Bertz CT molecular complexity index is 1050. The van der Waals surface area contributed by atoms with Crippen LogP contribution in [0.15, 0.2) is 72.6 Å². The van der Waals surface area contributed by atoms with Crippen LogP contribution in [0.1, 0.15) is 16.7 Å². The zero-order valence-electron chi connectivity index (χ0n) is 14.9. The fourth-order valence-electron chi connectivity index (χ4n) is 2.39. The van der Waals surface area contributed by atoms with E-state index in [0.29, 0.717) is 16.8 Å². The smallest absolute Gasteiger partial charge is 0.132 e. The monoisotopic (exact) mass is 358 g/mol. The molecule has 0 radical (unpaired) electrons. The fourth-order valence-corrected chi connectivity index (χ4v) is 2.39. The molecule has 1 heterocycles. The first-order chi connectivity index (χ1) is 12.9. The molecule has 0 aliphatic carbocycles. The van der Waals surface area contributed by atoms with E-state index in [1.807, 2.05) is 31.2 Å². The quantitative estimate of drug-likeness (QED) is 0.372. The van der Waals surface area contributed by atoms with Crippen molar-refractivity contribution in [1.29, 1.82) is 5.41 Å². The molecule has 0 amide bonds. The number of anilines is 1. The highest BCUT2D eigenvalue weighted by Crippen LogP contribution is 2.21. The number of halogens is 1. The molecular weight excluding hydrogens is 339 g/mol. The SMILES string of the molecule is C=C(Nc1cccc(C#C/C(=C/C2=CN2)C(=N)N)c1)c1cc(C)ccc1F. The van der Waals surface area contributed by atoms with E-state index in [1.165, 1.54) is 6.07 Å². The number of hydrogen-bond acceptors (Lipinski definition) is 3. The number of benzene rings is 2. The second kappa shape index (κ2) is 7.63. The minimum atomic E-state index is -0.326. The van der Waals surface area contributed by atoms with Crippen LogP contribution in [-0.2, 0) is 0 Å². The Kier molecular flexibility index (Phi) is 5.09. The van der Waals surface area contributed by atoms with Gasteiger partial charge in [0.15, 0.2) is 0 Å². The van der Waals surface area contributed by atoms with Crippen LogP contribution in [0.4, 0.5) is 10.1 Å². The molecule has 1 aliphatic heterocycles.